The van der Waals surface area contributed by atoms with Crippen molar-refractivity contribution in [2.24, 2.45) is 5.41 Å². The van der Waals surface area contributed by atoms with Crippen LogP contribution in [0.1, 0.15) is 24.8 Å². The highest BCUT2D eigenvalue weighted by Gasteiger charge is 2.41. The molecule has 0 aliphatic heterocycles. The van der Waals surface area contributed by atoms with Gasteiger partial charge in [0.25, 0.3) is 0 Å². The Morgan fingerprint density at radius 1 is 1.31 bits per heavy atom. The third-order valence-corrected chi connectivity index (χ3v) is 3.28. The van der Waals surface area contributed by atoms with Gasteiger partial charge in [-0.3, -0.25) is 0 Å². The highest BCUT2D eigenvalue weighted by molar-refractivity contribution is 5.47. The third-order valence-electron chi connectivity index (χ3n) is 3.28. The summed E-state index contributed by atoms with van der Waals surface area (Å²) in [4.78, 5) is 0. The largest absolute Gasteiger partial charge is 0.396 e. The number of hydrogen-bond acceptors (Lipinski definition) is 3. The smallest absolute Gasteiger partial charge is 0.0991 e. The number of rotatable bonds is 5. The highest BCUT2D eigenvalue weighted by Crippen LogP contribution is 2.48. The third kappa shape index (κ3) is 2.53. The number of hydrogen-bond donors (Lipinski definition) is 2. The van der Waals surface area contributed by atoms with Crippen molar-refractivity contribution in [2.45, 2.75) is 19.3 Å². The Labute approximate surface area is 95.7 Å². The zero-order valence-corrected chi connectivity index (χ0v) is 9.24. The highest BCUT2D eigenvalue weighted by atomic mass is 16.3. The van der Waals surface area contributed by atoms with Crippen molar-refractivity contribution in [1.29, 1.82) is 5.26 Å². The molecule has 3 heteroatoms. The fourth-order valence-electron chi connectivity index (χ4n) is 1.88. The molecule has 0 radical (unpaired) electrons. The molecule has 0 bridgehead atoms. The molecule has 0 atom stereocenters. The van der Waals surface area contributed by atoms with Gasteiger partial charge in [0.2, 0.25) is 0 Å². The second-order valence-electron chi connectivity index (χ2n) is 4.52. The van der Waals surface area contributed by atoms with E-state index in [1.54, 1.807) is 0 Å². The van der Waals surface area contributed by atoms with Gasteiger partial charge in [0.1, 0.15) is 0 Å². The molecule has 1 fully saturated rings. The topological polar surface area (TPSA) is 56.0 Å². The summed E-state index contributed by atoms with van der Waals surface area (Å²) >= 11 is 0. The lowest BCUT2D eigenvalue weighted by Crippen LogP contribution is -2.16. The van der Waals surface area contributed by atoms with Crippen LogP contribution in [-0.2, 0) is 0 Å². The van der Waals surface area contributed by atoms with Crippen LogP contribution in [0.15, 0.2) is 24.3 Å². The standard InChI is InChI=1S/C13H16N2O/c14-9-11-1-3-12(4-2-11)15-10-13(5-6-13)7-8-16/h1-4,15-16H,5-8,10H2. The lowest BCUT2D eigenvalue weighted by Gasteiger charge is -2.15. The molecular formula is C13H16N2O. The molecule has 0 aromatic heterocycles. The average Bonchev–Trinajstić information content (AvgIpc) is 3.08. The number of anilines is 1. The Morgan fingerprint density at radius 2 is 2.00 bits per heavy atom. The van der Waals surface area contributed by atoms with Gasteiger partial charge >= 0.3 is 0 Å². The Morgan fingerprint density at radius 3 is 2.50 bits per heavy atom. The molecule has 2 N–H and O–H groups in total. The second kappa shape index (κ2) is 4.54. The number of nitrogens with one attached hydrogen (secondary N) is 1. The van der Waals surface area contributed by atoms with E-state index in [9.17, 15) is 0 Å². The van der Waals surface area contributed by atoms with E-state index in [4.69, 9.17) is 10.4 Å². The monoisotopic (exact) mass is 216 g/mol. The van der Waals surface area contributed by atoms with Gasteiger partial charge in [-0.2, -0.15) is 5.26 Å². The SMILES string of the molecule is N#Cc1ccc(NCC2(CCO)CC2)cc1. The number of nitriles is 1. The van der Waals surface area contributed by atoms with Gasteiger partial charge in [0.15, 0.2) is 0 Å². The zero-order chi connectivity index (χ0) is 11.4. The van der Waals surface area contributed by atoms with Gasteiger partial charge in [-0.15, -0.1) is 0 Å². The molecule has 1 aliphatic rings. The summed E-state index contributed by atoms with van der Waals surface area (Å²) in [7, 11) is 0. The Kier molecular flexibility index (Phi) is 3.12. The van der Waals surface area contributed by atoms with Crippen LogP contribution < -0.4 is 5.32 Å². The van der Waals surface area contributed by atoms with E-state index in [2.05, 4.69) is 11.4 Å². The van der Waals surface area contributed by atoms with E-state index in [1.807, 2.05) is 24.3 Å². The molecule has 1 aliphatic carbocycles. The molecule has 3 nitrogen and oxygen atoms in total. The van der Waals surface area contributed by atoms with E-state index in [1.165, 1.54) is 12.8 Å². The fourth-order valence-corrected chi connectivity index (χ4v) is 1.88. The van der Waals surface area contributed by atoms with Crippen molar-refractivity contribution in [3.8, 4) is 6.07 Å². The van der Waals surface area contributed by atoms with Crippen molar-refractivity contribution in [2.75, 3.05) is 18.5 Å². The molecule has 0 heterocycles. The van der Waals surface area contributed by atoms with Crippen LogP contribution in [0.4, 0.5) is 5.69 Å². The maximum absolute atomic E-state index is 8.94. The molecule has 1 aromatic carbocycles. The number of benzene rings is 1. The lowest BCUT2D eigenvalue weighted by molar-refractivity contribution is 0.253. The fraction of sp³-hybridized carbons (Fsp3) is 0.462. The minimum absolute atomic E-state index is 0.273. The predicted molar refractivity (Wildman–Crippen MR) is 63.0 cm³/mol. The van der Waals surface area contributed by atoms with Crippen LogP contribution >= 0.6 is 0 Å². The molecular weight excluding hydrogens is 200 g/mol. The summed E-state index contributed by atoms with van der Waals surface area (Å²) in [6, 6.07) is 9.57. The van der Waals surface area contributed by atoms with Gasteiger partial charge in [-0.1, -0.05) is 0 Å². The van der Waals surface area contributed by atoms with Crippen LogP contribution in [0.3, 0.4) is 0 Å². The summed E-state index contributed by atoms with van der Waals surface area (Å²) in [5.74, 6) is 0. The minimum Gasteiger partial charge on any atom is -0.396 e. The summed E-state index contributed by atoms with van der Waals surface area (Å²) in [5, 5.41) is 21.0. The molecule has 2 rings (SSSR count). The first-order valence-electron chi connectivity index (χ1n) is 5.63. The van der Waals surface area contributed by atoms with Gasteiger partial charge in [-0.25, -0.2) is 0 Å². The van der Waals surface area contributed by atoms with E-state index in [-0.39, 0.29) is 6.61 Å². The summed E-state index contributed by atoms with van der Waals surface area (Å²) in [6.45, 7) is 1.19. The maximum atomic E-state index is 8.94. The molecule has 0 unspecified atom stereocenters. The Balaban J connectivity index is 1.88. The maximum Gasteiger partial charge on any atom is 0.0991 e. The second-order valence-corrected chi connectivity index (χ2v) is 4.52. The van der Waals surface area contributed by atoms with Gasteiger partial charge in [0.05, 0.1) is 11.6 Å². The van der Waals surface area contributed by atoms with Gasteiger partial charge in [0, 0.05) is 18.8 Å². The molecule has 1 saturated carbocycles. The molecule has 0 spiro atoms. The first-order valence-corrected chi connectivity index (χ1v) is 5.63. The lowest BCUT2D eigenvalue weighted by atomic mass is 10.0. The predicted octanol–water partition coefficient (Wildman–Crippen LogP) is 2.13. The Bertz CT molecular complexity index is 387. The van der Waals surface area contributed by atoms with Crippen molar-refractivity contribution in [3.05, 3.63) is 29.8 Å². The molecule has 0 saturated heterocycles. The zero-order valence-electron chi connectivity index (χ0n) is 9.24. The number of aliphatic hydroxyl groups excluding tert-OH is 1. The first-order chi connectivity index (χ1) is 7.78. The molecule has 84 valence electrons. The van der Waals surface area contributed by atoms with Crippen LogP contribution in [0.25, 0.3) is 0 Å². The van der Waals surface area contributed by atoms with Crippen LogP contribution in [0.5, 0.6) is 0 Å². The molecule has 1 aromatic rings. The van der Waals surface area contributed by atoms with E-state index >= 15 is 0 Å². The van der Waals surface area contributed by atoms with Crippen LogP contribution in [-0.4, -0.2) is 18.3 Å². The quantitative estimate of drug-likeness (QED) is 0.792. The van der Waals surface area contributed by atoms with E-state index in [0.29, 0.717) is 11.0 Å². The normalized spacial score (nSPS) is 16.5. The first kappa shape index (κ1) is 11.0. The summed E-state index contributed by atoms with van der Waals surface area (Å²) < 4.78 is 0. The van der Waals surface area contributed by atoms with Crippen LogP contribution in [0.2, 0.25) is 0 Å². The van der Waals surface area contributed by atoms with Gasteiger partial charge < -0.3 is 10.4 Å². The van der Waals surface area contributed by atoms with Gasteiger partial charge in [-0.05, 0) is 48.9 Å². The molecule has 0 amide bonds. The minimum atomic E-state index is 0.273. The van der Waals surface area contributed by atoms with Crippen LogP contribution in [0, 0.1) is 16.7 Å². The van der Waals surface area contributed by atoms with Crippen molar-refractivity contribution in [1.82, 2.24) is 0 Å². The molecule has 16 heavy (non-hydrogen) atoms. The van der Waals surface area contributed by atoms with Crippen molar-refractivity contribution in [3.63, 3.8) is 0 Å². The number of nitrogens with zero attached hydrogens (tertiary/aromatic N) is 1. The van der Waals surface area contributed by atoms with E-state index < -0.39 is 0 Å². The summed E-state index contributed by atoms with van der Waals surface area (Å²) in [5.41, 5.74) is 2.05. The average molecular weight is 216 g/mol. The van der Waals surface area contributed by atoms with Crippen molar-refractivity contribution < 1.29 is 5.11 Å². The number of aliphatic hydroxyl groups is 1. The Hall–Kier alpha value is -1.53. The van der Waals surface area contributed by atoms with E-state index in [0.717, 1.165) is 18.7 Å². The summed E-state index contributed by atoms with van der Waals surface area (Å²) in [6.07, 6.45) is 3.30. The van der Waals surface area contributed by atoms with Crippen molar-refractivity contribution >= 4 is 5.69 Å².